The molecule has 0 N–H and O–H groups in total. The molecule has 0 spiro atoms. The second-order valence-corrected chi connectivity index (χ2v) is 7.23. The highest BCUT2D eigenvalue weighted by atomic mass is 16.6. The Bertz CT molecular complexity index is 905. The second kappa shape index (κ2) is 9.80. The minimum absolute atomic E-state index is 0.0137. The molecule has 1 atom stereocenters. The largest absolute Gasteiger partial charge is 0.376 e. The number of ether oxygens (including phenoxy) is 1. The van der Waals surface area contributed by atoms with E-state index in [-0.39, 0.29) is 23.9 Å². The third-order valence-corrected chi connectivity index (χ3v) is 5.11. The van der Waals surface area contributed by atoms with Crippen molar-refractivity contribution >= 4 is 11.6 Å². The molecule has 1 saturated heterocycles. The van der Waals surface area contributed by atoms with Gasteiger partial charge in [0, 0.05) is 24.7 Å². The number of nitriles is 1. The number of amides is 1. The zero-order valence-electron chi connectivity index (χ0n) is 16.1. The molecule has 29 heavy (non-hydrogen) atoms. The summed E-state index contributed by atoms with van der Waals surface area (Å²) in [7, 11) is 0. The van der Waals surface area contributed by atoms with Gasteiger partial charge in [0.25, 0.3) is 5.69 Å². The number of benzene rings is 2. The van der Waals surface area contributed by atoms with E-state index in [0.717, 1.165) is 18.4 Å². The maximum atomic E-state index is 12.7. The monoisotopic (exact) mass is 393 g/mol. The van der Waals surface area contributed by atoms with Gasteiger partial charge in [-0.15, -0.1) is 0 Å². The SMILES string of the molecule is N#Cc1ccc(COCC2CCCN(C(=O)Cc3ccccc3[N+](=O)[O-])C2)cc1. The summed E-state index contributed by atoms with van der Waals surface area (Å²) in [6.07, 6.45) is 1.92. The molecule has 3 rings (SSSR count). The average molecular weight is 393 g/mol. The van der Waals surface area contributed by atoms with Crippen LogP contribution in [0.3, 0.4) is 0 Å². The van der Waals surface area contributed by atoms with Crippen LogP contribution in [-0.4, -0.2) is 35.4 Å². The number of hydrogen-bond donors (Lipinski definition) is 0. The predicted molar refractivity (Wildman–Crippen MR) is 107 cm³/mol. The van der Waals surface area contributed by atoms with Gasteiger partial charge >= 0.3 is 0 Å². The fraction of sp³-hybridized carbons (Fsp3) is 0.364. The lowest BCUT2D eigenvalue weighted by atomic mass is 9.98. The van der Waals surface area contributed by atoms with Crippen molar-refractivity contribution in [1.29, 1.82) is 5.26 Å². The summed E-state index contributed by atoms with van der Waals surface area (Å²) < 4.78 is 5.82. The van der Waals surface area contributed by atoms with E-state index >= 15 is 0 Å². The highest BCUT2D eigenvalue weighted by Crippen LogP contribution is 2.22. The highest BCUT2D eigenvalue weighted by molar-refractivity contribution is 5.80. The van der Waals surface area contributed by atoms with Crippen molar-refractivity contribution in [1.82, 2.24) is 4.90 Å². The number of nitro benzene ring substituents is 1. The summed E-state index contributed by atoms with van der Waals surface area (Å²) in [5.74, 6) is 0.160. The van der Waals surface area contributed by atoms with Crippen LogP contribution in [0.25, 0.3) is 0 Å². The number of carbonyl (C=O) groups excluding carboxylic acids is 1. The van der Waals surface area contributed by atoms with Crippen molar-refractivity contribution in [2.45, 2.75) is 25.9 Å². The summed E-state index contributed by atoms with van der Waals surface area (Å²) in [5.41, 5.74) is 2.06. The number of para-hydroxylation sites is 1. The quantitative estimate of drug-likeness (QED) is 0.530. The summed E-state index contributed by atoms with van der Waals surface area (Å²) >= 11 is 0. The van der Waals surface area contributed by atoms with E-state index in [1.165, 1.54) is 6.07 Å². The van der Waals surface area contributed by atoms with Gasteiger partial charge in [-0.25, -0.2) is 0 Å². The highest BCUT2D eigenvalue weighted by Gasteiger charge is 2.25. The van der Waals surface area contributed by atoms with Crippen LogP contribution in [0.4, 0.5) is 5.69 Å². The molecule has 0 bridgehead atoms. The van der Waals surface area contributed by atoms with E-state index in [0.29, 0.717) is 37.4 Å². The van der Waals surface area contributed by atoms with Gasteiger partial charge in [0.05, 0.1) is 36.2 Å². The first-order valence-electron chi connectivity index (χ1n) is 9.63. The molecule has 7 heteroatoms. The number of likely N-dealkylation sites (tertiary alicyclic amines) is 1. The standard InChI is InChI=1S/C22H23N3O4/c23-13-17-7-9-18(10-8-17)15-29-16-19-4-3-11-24(14-19)22(26)12-20-5-1-2-6-21(20)25(27)28/h1-2,5-10,19H,3-4,11-12,14-16H2. The Kier molecular flexibility index (Phi) is 6.93. The van der Waals surface area contributed by atoms with Crippen LogP contribution < -0.4 is 0 Å². The molecule has 1 heterocycles. The van der Waals surface area contributed by atoms with Gasteiger partial charge in [0.1, 0.15) is 0 Å². The van der Waals surface area contributed by atoms with E-state index in [4.69, 9.17) is 10.00 Å². The van der Waals surface area contributed by atoms with Crippen LogP contribution in [0.5, 0.6) is 0 Å². The molecule has 2 aromatic rings. The number of nitrogens with zero attached hydrogens (tertiary/aromatic N) is 3. The molecule has 0 saturated carbocycles. The molecule has 1 unspecified atom stereocenters. The van der Waals surface area contributed by atoms with Crippen molar-refractivity contribution in [3.63, 3.8) is 0 Å². The third kappa shape index (κ3) is 5.62. The summed E-state index contributed by atoms with van der Waals surface area (Å²) in [6.45, 7) is 2.29. The lowest BCUT2D eigenvalue weighted by Gasteiger charge is -2.32. The van der Waals surface area contributed by atoms with Gasteiger partial charge in [-0.05, 0) is 36.5 Å². The predicted octanol–water partition coefficient (Wildman–Crippen LogP) is 3.46. The Labute approximate surface area is 169 Å². The van der Waals surface area contributed by atoms with Crippen molar-refractivity contribution < 1.29 is 14.5 Å². The van der Waals surface area contributed by atoms with Crippen LogP contribution in [0.1, 0.15) is 29.5 Å². The molecule has 1 aliphatic heterocycles. The van der Waals surface area contributed by atoms with E-state index in [9.17, 15) is 14.9 Å². The van der Waals surface area contributed by atoms with Gasteiger partial charge in [-0.2, -0.15) is 5.26 Å². The Balaban J connectivity index is 1.50. The molecular weight excluding hydrogens is 370 g/mol. The molecule has 0 radical (unpaired) electrons. The summed E-state index contributed by atoms with van der Waals surface area (Å²) in [6, 6.07) is 15.8. The van der Waals surface area contributed by atoms with Gasteiger partial charge in [0.15, 0.2) is 0 Å². The maximum absolute atomic E-state index is 12.7. The van der Waals surface area contributed by atoms with E-state index in [1.807, 2.05) is 12.1 Å². The van der Waals surface area contributed by atoms with Crippen LogP contribution >= 0.6 is 0 Å². The van der Waals surface area contributed by atoms with Crippen LogP contribution in [0.15, 0.2) is 48.5 Å². The van der Waals surface area contributed by atoms with Crippen molar-refractivity contribution in [2.75, 3.05) is 19.7 Å². The number of nitro groups is 1. The van der Waals surface area contributed by atoms with Crippen LogP contribution in [0, 0.1) is 27.4 Å². The van der Waals surface area contributed by atoms with Gasteiger partial charge in [-0.1, -0.05) is 30.3 Å². The minimum Gasteiger partial charge on any atom is -0.376 e. The fourth-order valence-electron chi connectivity index (χ4n) is 3.56. The van der Waals surface area contributed by atoms with E-state index in [1.54, 1.807) is 35.2 Å². The summed E-state index contributed by atoms with van der Waals surface area (Å²) in [5, 5.41) is 20.0. The molecule has 7 nitrogen and oxygen atoms in total. The molecule has 1 amide bonds. The molecule has 0 aliphatic carbocycles. The third-order valence-electron chi connectivity index (χ3n) is 5.11. The summed E-state index contributed by atoms with van der Waals surface area (Å²) in [4.78, 5) is 25.2. The maximum Gasteiger partial charge on any atom is 0.273 e. The second-order valence-electron chi connectivity index (χ2n) is 7.23. The molecule has 2 aromatic carbocycles. The first kappa shape index (κ1) is 20.5. The topological polar surface area (TPSA) is 96.5 Å². The number of rotatable bonds is 7. The zero-order valence-corrected chi connectivity index (χ0v) is 16.1. The number of hydrogen-bond acceptors (Lipinski definition) is 5. The Morgan fingerprint density at radius 1 is 1.24 bits per heavy atom. The molecule has 1 fully saturated rings. The zero-order chi connectivity index (χ0) is 20.6. The Hall–Kier alpha value is -3.24. The first-order chi connectivity index (χ1) is 14.1. The Morgan fingerprint density at radius 2 is 2.00 bits per heavy atom. The molecule has 150 valence electrons. The fourth-order valence-corrected chi connectivity index (χ4v) is 3.56. The average Bonchev–Trinajstić information content (AvgIpc) is 2.74. The first-order valence-corrected chi connectivity index (χ1v) is 9.63. The lowest BCUT2D eigenvalue weighted by Crippen LogP contribution is -2.42. The van der Waals surface area contributed by atoms with Gasteiger partial charge in [-0.3, -0.25) is 14.9 Å². The van der Waals surface area contributed by atoms with E-state index < -0.39 is 4.92 Å². The smallest absolute Gasteiger partial charge is 0.273 e. The Morgan fingerprint density at radius 3 is 2.72 bits per heavy atom. The van der Waals surface area contributed by atoms with Crippen molar-refractivity contribution in [3.8, 4) is 6.07 Å². The number of carbonyl (C=O) groups is 1. The number of piperidine rings is 1. The van der Waals surface area contributed by atoms with Gasteiger partial charge < -0.3 is 9.64 Å². The normalized spacial score (nSPS) is 16.2. The van der Waals surface area contributed by atoms with E-state index in [2.05, 4.69) is 6.07 Å². The van der Waals surface area contributed by atoms with Crippen molar-refractivity contribution in [3.05, 3.63) is 75.3 Å². The van der Waals surface area contributed by atoms with Crippen molar-refractivity contribution in [2.24, 2.45) is 5.92 Å². The van der Waals surface area contributed by atoms with Crippen LogP contribution in [0.2, 0.25) is 0 Å². The molecular formula is C22H23N3O4. The molecule has 1 aliphatic rings. The van der Waals surface area contributed by atoms with Gasteiger partial charge in [0.2, 0.25) is 5.91 Å². The van der Waals surface area contributed by atoms with Crippen LogP contribution in [-0.2, 0) is 22.6 Å². The lowest BCUT2D eigenvalue weighted by molar-refractivity contribution is -0.385. The minimum atomic E-state index is -0.446. The molecule has 0 aromatic heterocycles.